The molecule has 1 aliphatic heterocycles. The number of carbonyl (C=O) groups excluding carboxylic acids is 1. The molecule has 33 heavy (non-hydrogen) atoms. The van der Waals surface area contributed by atoms with E-state index in [1.54, 1.807) is 23.6 Å². The fourth-order valence-corrected chi connectivity index (χ4v) is 4.01. The molecular weight excluding hydrogens is 426 g/mol. The number of hydrogen-bond acceptors (Lipinski definition) is 8. The van der Waals surface area contributed by atoms with Crippen LogP contribution in [0.15, 0.2) is 76.9 Å². The van der Waals surface area contributed by atoms with Crippen molar-refractivity contribution in [1.29, 1.82) is 0 Å². The van der Waals surface area contributed by atoms with E-state index in [0.717, 1.165) is 5.56 Å². The van der Waals surface area contributed by atoms with E-state index in [1.165, 1.54) is 25.3 Å². The number of esters is 1. The van der Waals surface area contributed by atoms with E-state index in [4.69, 9.17) is 15.2 Å². The number of fused-ring (bicyclic) bond motifs is 1. The lowest BCUT2D eigenvalue weighted by Gasteiger charge is -2.30. The highest BCUT2D eigenvalue weighted by atomic mass is 16.8. The molecule has 2 heterocycles. The van der Waals surface area contributed by atoms with Crippen LogP contribution in [0.4, 0.5) is 5.69 Å². The molecule has 3 aromatic rings. The topological polar surface area (TPSA) is 130 Å². The maximum atomic E-state index is 13.8. The number of carbonyl (C=O) groups is 1. The Morgan fingerprint density at radius 1 is 1.21 bits per heavy atom. The number of anilines is 1. The average Bonchev–Trinajstić information content (AvgIpc) is 2.81. The maximum absolute atomic E-state index is 13.8. The SMILES string of the molecule is COC(=O)C1=C(N)Oc2cc(C)n(Cc3ccccc3)c(=O)c2C1c1cccc(N([O-])O)c1. The predicted octanol–water partition coefficient (Wildman–Crippen LogP) is 2.77. The fourth-order valence-electron chi connectivity index (χ4n) is 4.01. The van der Waals surface area contributed by atoms with Crippen molar-refractivity contribution in [2.75, 3.05) is 12.3 Å². The van der Waals surface area contributed by atoms with Gasteiger partial charge in [0.25, 0.3) is 5.56 Å². The molecule has 3 N–H and O–H groups in total. The Bertz CT molecular complexity index is 1300. The molecule has 0 bridgehead atoms. The van der Waals surface area contributed by atoms with Crippen molar-refractivity contribution in [3.63, 3.8) is 0 Å². The Hall–Kier alpha value is -4.08. The molecule has 1 unspecified atom stereocenters. The fraction of sp³-hybridized carbons (Fsp3) is 0.167. The van der Waals surface area contributed by atoms with Crippen LogP contribution in [0.1, 0.15) is 28.3 Å². The van der Waals surface area contributed by atoms with E-state index in [1.807, 2.05) is 30.3 Å². The van der Waals surface area contributed by atoms with E-state index in [0.29, 0.717) is 17.8 Å². The standard InChI is InChI=1S/C24H22N3O6/c1-14-11-18-20(23(28)26(14)13-15-7-4-3-5-8-15)19(21(22(25)33-18)24(29)32-2)16-9-6-10-17(12-16)27(30)31/h3-12,19,30H,13,25H2,1-2H3/q-1. The number of nitrogens with two attached hydrogens (primary N) is 1. The summed E-state index contributed by atoms with van der Waals surface area (Å²) in [6.45, 7) is 2.09. The zero-order valence-electron chi connectivity index (χ0n) is 18.0. The molecule has 1 aromatic heterocycles. The molecular formula is C24H22N3O6-. The second kappa shape index (κ2) is 8.81. The van der Waals surface area contributed by atoms with Crippen molar-refractivity contribution < 1.29 is 19.5 Å². The minimum absolute atomic E-state index is 0.0650. The average molecular weight is 448 g/mol. The molecule has 0 saturated heterocycles. The monoisotopic (exact) mass is 448 g/mol. The number of ether oxygens (including phenoxy) is 2. The van der Waals surface area contributed by atoms with Gasteiger partial charge < -0.3 is 30.2 Å². The van der Waals surface area contributed by atoms with Crippen molar-refractivity contribution in [3.05, 3.63) is 110 Å². The van der Waals surface area contributed by atoms with Gasteiger partial charge in [-0.15, -0.1) is 0 Å². The largest absolute Gasteiger partial charge is 0.733 e. The molecule has 0 aliphatic carbocycles. The van der Waals surface area contributed by atoms with E-state index in [2.05, 4.69) is 0 Å². The number of nitrogens with zero attached hydrogens (tertiary/aromatic N) is 2. The lowest BCUT2D eigenvalue weighted by atomic mass is 9.83. The van der Waals surface area contributed by atoms with Crippen LogP contribution in [-0.4, -0.2) is 22.9 Å². The van der Waals surface area contributed by atoms with Crippen LogP contribution in [-0.2, 0) is 16.1 Å². The Kier molecular flexibility index (Phi) is 5.91. The summed E-state index contributed by atoms with van der Waals surface area (Å²) in [7, 11) is 1.20. The van der Waals surface area contributed by atoms with Gasteiger partial charge in [0.15, 0.2) is 0 Å². The molecule has 1 aliphatic rings. The quantitative estimate of drug-likeness (QED) is 0.450. The highest BCUT2D eigenvalue weighted by Gasteiger charge is 2.38. The Morgan fingerprint density at radius 3 is 2.61 bits per heavy atom. The Labute approximate surface area is 189 Å². The van der Waals surface area contributed by atoms with Gasteiger partial charge >= 0.3 is 5.97 Å². The van der Waals surface area contributed by atoms with Crippen molar-refractivity contribution in [1.82, 2.24) is 4.57 Å². The van der Waals surface area contributed by atoms with Gasteiger partial charge in [-0.2, -0.15) is 0 Å². The van der Waals surface area contributed by atoms with Crippen LogP contribution >= 0.6 is 0 Å². The van der Waals surface area contributed by atoms with Gasteiger partial charge in [0.1, 0.15) is 11.3 Å². The minimum Gasteiger partial charge on any atom is -0.733 e. The van der Waals surface area contributed by atoms with Gasteiger partial charge in [-0.25, -0.2) is 4.79 Å². The van der Waals surface area contributed by atoms with Gasteiger partial charge in [0.2, 0.25) is 5.88 Å². The van der Waals surface area contributed by atoms with Crippen molar-refractivity contribution in [2.24, 2.45) is 5.73 Å². The second-order valence-electron chi connectivity index (χ2n) is 7.61. The number of rotatable bonds is 5. The molecule has 0 saturated carbocycles. The summed E-state index contributed by atoms with van der Waals surface area (Å²) in [6, 6.07) is 17.1. The van der Waals surface area contributed by atoms with Crippen LogP contribution in [0.5, 0.6) is 5.75 Å². The number of aromatic nitrogens is 1. The molecule has 4 rings (SSSR count). The van der Waals surface area contributed by atoms with Gasteiger partial charge in [0.05, 0.1) is 30.8 Å². The molecule has 0 fully saturated rings. The molecule has 2 aromatic carbocycles. The van der Waals surface area contributed by atoms with E-state index in [9.17, 15) is 20.0 Å². The molecule has 0 spiro atoms. The van der Waals surface area contributed by atoms with Crippen LogP contribution in [0.3, 0.4) is 0 Å². The smallest absolute Gasteiger partial charge is 0.340 e. The summed E-state index contributed by atoms with van der Waals surface area (Å²) in [5, 5.41) is 20.6. The van der Waals surface area contributed by atoms with Gasteiger partial charge in [-0.3, -0.25) is 10.0 Å². The molecule has 9 nitrogen and oxygen atoms in total. The second-order valence-corrected chi connectivity index (χ2v) is 7.61. The first-order valence-corrected chi connectivity index (χ1v) is 10.1. The van der Waals surface area contributed by atoms with Crippen LogP contribution in [0, 0.1) is 12.1 Å². The van der Waals surface area contributed by atoms with Crippen molar-refractivity contribution in [2.45, 2.75) is 19.4 Å². The zero-order valence-corrected chi connectivity index (χ0v) is 18.0. The Balaban J connectivity index is 1.96. The van der Waals surface area contributed by atoms with E-state index in [-0.39, 0.29) is 39.2 Å². The first-order valence-electron chi connectivity index (χ1n) is 10.1. The number of methoxy groups -OCH3 is 1. The summed E-state index contributed by atoms with van der Waals surface area (Å²) in [4.78, 5) is 26.4. The third kappa shape index (κ3) is 4.07. The summed E-state index contributed by atoms with van der Waals surface area (Å²) >= 11 is 0. The molecule has 170 valence electrons. The van der Waals surface area contributed by atoms with Crippen LogP contribution in [0.2, 0.25) is 0 Å². The van der Waals surface area contributed by atoms with E-state index >= 15 is 0 Å². The van der Waals surface area contributed by atoms with Crippen molar-refractivity contribution >= 4 is 11.7 Å². The number of benzene rings is 2. The Morgan fingerprint density at radius 2 is 1.94 bits per heavy atom. The highest BCUT2D eigenvalue weighted by molar-refractivity contribution is 5.92. The van der Waals surface area contributed by atoms with Crippen LogP contribution in [0.25, 0.3) is 0 Å². The normalized spacial score (nSPS) is 15.0. The number of pyridine rings is 1. The molecule has 9 heteroatoms. The van der Waals surface area contributed by atoms with Gasteiger partial charge in [-0.1, -0.05) is 42.5 Å². The number of hydrogen-bond donors (Lipinski definition) is 2. The number of aryl methyl sites for hydroxylation is 1. The van der Waals surface area contributed by atoms with Crippen LogP contribution < -0.4 is 21.3 Å². The molecule has 0 radical (unpaired) electrons. The first-order chi connectivity index (χ1) is 15.8. The lowest BCUT2D eigenvalue weighted by molar-refractivity contribution is -0.136. The summed E-state index contributed by atoms with van der Waals surface area (Å²) in [5.41, 5.74) is 7.71. The first kappa shape index (κ1) is 22.1. The molecule has 1 atom stereocenters. The summed E-state index contributed by atoms with van der Waals surface area (Å²) < 4.78 is 12.2. The molecule has 0 amide bonds. The van der Waals surface area contributed by atoms with Gasteiger partial charge in [-0.05, 0) is 30.2 Å². The lowest BCUT2D eigenvalue weighted by Crippen LogP contribution is -2.35. The third-order valence-corrected chi connectivity index (χ3v) is 5.58. The van der Waals surface area contributed by atoms with Gasteiger partial charge in [0, 0.05) is 11.8 Å². The van der Waals surface area contributed by atoms with Crippen molar-refractivity contribution in [3.8, 4) is 5.75 Å². The summed E-state index contributed by atoms with van der Waals surface area (Å²) in [6.07, 6.45) is 0. The summed E-state index contributed by atoms with van der Waals surface area (Å²) in [5.74, 6) is -1.74. The maximum Gasteiger partial charge on any atom is 0.340 e. The third-order valence-electron chi connectivity index (χ3n) is 5.58. The predicted molar refractivity (Wildman–Crippen MR) is 121 cm³/mol. The minimum atomic E-state index is -0.976. The zero-order chi connectivity index (χ0) is 23.7. The highest BCUT2D eigenvalue weighted by Crippen LogP contribution is 2.42. The van der Waals surface area contributed by atoms with E-state index < -0.39 is 11.9 Å².